The highest BCUT2D eigenvalue weighted by molar-refractivity contribution is 5.24. The van der Waals surface area contributed by atoms with Crippen LogP contribution in [0.4, 0.5) is 4.39 Å². The number of rotatable bonds is 4. The summed E-state index contributed by atoms with van der Waals surface area (Å²) in [5.74, 6) is -0.201. The van der Waals surface area contributed by atoms with E-state index < -0.39 is 6.10 Å². The second-order valence-corrected chi connectivity index (χ2v) is 6.13. The minimum atomic E-state index is -0.485. The molecule has 2 nitrogen and oxygen atoms in total. The molecule has 1 saturated heterocycles. The molecule has 1 N–H and O–H groups in total. The van der Waals surface area contributed by atoms with Crippen molar-refractivity contribution in [2.45, 2.75) is 31.9 Å². The van der Waals surface area contributed by atoms with Crippen LogP contribution in [0.15, 0.2) is 48.5 Å². The van der Waals surface area contributed by atoms with Crippen molar-refractivity contribution in [1.82, 2.24) is 4.90 Å². The van der Waals surface area contributed by atoms with Crippen LogP contribution < -0.4 is 0 Å². The summed E-state index contributed by atoms with van der Waals surface area (Å²) in [5.41, 5.74) is 3.28. The molecule has 2 atom stereocenters. The van der Waals surface area contributed by atoms with Gasteiger partial charge in [0.05, 0.1) is 6.10 Å². The standard InChI is InChI=1S/C19H22FNO/c1-14-4-6-16(7-5-14)19(22)13-21-12-2-3-18(21)15-8-10-17(20)11-9-15/h4-11,18-19,22H,2-3,12-13H2,1H3. The second-order valence-electron chi connectivity index (χ2n) is 6.13. The Balaban J connectivity index is 1.70. The Kier molecular flexibility index (Phi) is 4.55. The zero-order valence-corrected chi connectivity index (χ0v) is 12.9. The minimum absolute atomic E-state index is 0.201. The lowest BCUT2D eigenvalue weighted by Gasteiger charge is -2.27. The summed E-state index contributed by atoms with van der Waals surface area (Å²) < 4.78 is 13.1. The second kappa shape index (κ2) is 6.59. The zero-order chi connectivity index (χ0) is 15.5. The molecule has 1 fully saturated rings. The van der Waals surface area contributed by atoms with E-state index in [9.17, 15) is 9.50 Å². The van der Waals surface area contributed by atoms with Gasteiger partial charge in [0.15, 0.2) is 0 Å². The first-order valence-electron chi connectivity index (χ1n) is 7.87. The number of hydrogen-bond donors (Lipinski definition) is 1. The number of aliphatic hydroxyl groups excluding tert-OH is 1. The van der Waals surface area contributed by atoms with Gasteiger partial charge in [0.2, 0.25) is 0 Å². The fourth-order valence-corrected chi connectivity index (χ4v) is 3.22. The Morgan fingerprint density at radius 2 is 1.82 bits per heavy atom. The molecule has 1 aliphatic heterocycles. The number of benzene rings is 2. The van der Waals surface area contributed by atoms with E-state index in [0.717, 1.165) is 30.5 Å². The summed E-state index contributed by atoms with van der Waals surface area (Å²) in [7, 11) is 0. The van der Waals surface area contributed by atoms with Crippen molar-refractivity contribution in [2.24, 2.45) is 0 Å². The van der Waals surface area contributed by atoms with Gasteiger partial charge in [0, 0.05) is 12.6 Å². The van der Waals surface area contributed by atoms with Crippen LogP contribution in [0.25, 0.3) is 0 Å². The van der Waals surface area contributed by atoms with Crippen LogP contribution in [-0.2, 0) is 0 Å². The van der Waals surface area contributed by atoms with E-state index in [0.29, 0.717) is 6.54 Å². The van der Waals surface area contributed by atoms with E-state index in [1.165, 1.54) is 17.7 Å². The van der Waals surface area contributed by atoms with E-state index in [1.807, 2.05) is 43.3 Å². The molecule has 2 aromatic rings. The maximum Gasteiger partial charge on any atom is 0.123 e. The van der Waals surface area contributed by atoms with Crippen molar-refractivity contribution in [3.63, 3.8) is 0 Å². The molecule has 1 aliphatic rings. The van der Waals surface area contributed by atoms with Crippen LogP contribution in [0.5, 0.6) is 0 Å². The maximum atomic E-state index is 13.1. The minimum Gasteiger partial charge on any atom is -0.387 e. The van der Waals surface area contributed by atoms with Gasteiger partial charge in [0.25, 0.3) is 0 Å². The van der Waals surface area contributed by atoms with Gasteiger partial charge in [-0.05, 0) is 49.6 Å². The van der Waals surface area contributed by atoms with E-state index in [4.69, 9.17) is 0 Å². The number of β-amino-alcohol motifs (C(OH)–C–C–N with tert-alkyl or cyclic N) is 1. The topological polar surface area (TPSA) is 23.5 Å². The van der Waals surface area contributed by atoms with Gasteiger partial charge >= 0.3 is 0 Å². The lowest BCUT2D eigenvalue weighted by atomic mass is 10.0. The molecule has 116 valence electrons. The lowest BCUT2D eigenvalue weighted by molar-refractivity contribution is 0.106. The van der Waals surface area contributed by atoms with Gasteiger partial charge in [-0.15, -0.1) is 0 Å². The van der Waals surface area contributed by atoms with Crippen molar-refractivity contribution in [1.29, 1.82) is 0 Å². The SMILES string of the molecule is Cc1ccc(C(O)CN2CCCC2c2ccc(F)cc2)cc1. The average molecular weight is 299 g/mol. The molecule has 3 heteroatoms. The molecule has 0 amide bonds. The maximum absolute atomic E-state index is 13.1. The van der Waals surface area contributed by atoms with Crippen LogP contribution >= 0.6 is 0 Å². The fourth-order valence-electron chi connectivity index (χ4n) is 3.22. The van der Waals surface area contributed by atoms with Gasteiger partial charge in [-0.25, -0.2) is 4.39 Å². The van der Waals surface area contributed by atoms with Gasteiger partial charge in [-0.1, -0.05) is 42.0 Å². The lowest BCUT2D eigenvalue weighted by Crippen LogP contribution is -2.28. The number of aryl methyl sites for hydroxylation is 1. The van der Waals surface area contributed by atoms with E-state index in [-0.39, 0.29) is 11.9 Å². The van der Waals surface area contributed by atoms with Crippen molar-refractivity contribution in [3.05, 3.63) is 71.0 Å². The number of aliphatic hydroxyl groups is 1. The summed E-state index contributed by atoms with van der Waals surface area (Å²) in [6.07, 6.45) is 1.69. The highest BCUT2D eigenvalue weighted by atomic mass is 19.1. The van der Waals surface area contributed by atoms with Crippen LogP contribution in [-0.4, -0.2) is 23.1 Å². The monoisotopic (exact) mass is 299 g/mol. The first-order valence-corrected chi connectivity index (χ1v) is 7.87. The first-order chi connectivity index (χ1) is 10.6. The number of halogens is 1. The molecule has 1 heterocycles. The third-order valence-corrected chi connectivity index (χ3v) is 4.49. The van der Waals surface area contributed by atoms with Crippen LogP contribution in [0.2, 0.25) is 0 Å². The largest absolute Gasteiger partial charge is 0.387 e. The van der Waals surface area contributed by atoms with Crippen molar-refractivity contribution < 1.29 is 9.50 Å². The molecule has 0 bridgehead atoms. The van der Waals surface area contributed by atoms with Crippen molar-refractivity contribution in [3.8, 4) is 0 Å². The predicted octanol–water partition coefficient (Wildman–Crippen LogP) is 4.00. The normalized spacial score (nSPS) is 20.2. The van der Waals surface area contributed by atoms with Gasteiger partial charge in [-0.3, -0.25) is 4.90 Å². The van der Waals surface area contributed by atoms with Gasteiger partial charge < -0.3 is 5.11 Å². The van der Waals surface area contributed by atoms with Crippen LogP contribution in [0.1, 0.15) is 41.7 Å². The Labute approximate surface area is 131 Å². The number of hydrogen-bond acceptors (Lipinski definition) is 2. The molecule has 0 radical (unpaired) electrons. The third-order valence-electron chi connectivity index (χ3n) is 4.49. The number of likely N-dealkylation sites (tertiary alicyclic amines) is 1. The Hall–Kier alpha value is -1.71. The molecule has 0 aliphatic carbocycles. The van der Waals surface area contributed by atoms with Crippen molar-refractivity contribution in [2.75, 3.05) is 13.1 Å². The van der Waals surface area contributed by atoms with Gasteiger partial charge in [0.1, 0.15) is 5.82 Å². The fraction of sp³-hybridized carbons (Fsp3) is 0.368. The smallest absolute Gasteiger partial charge is 0.123 e. The zero-order valence-electron chi connectivity index (χ0n) is 12.9. The molecular weight excluding hydrogens is 277 g/mol. The molecule has 0 spiro atoms. The average Bonchev–Trinajstić information content (AvgIpc) is 2.97. The molecule has 22 heavy (non-hydrogen) atoms. The highest BCUT2D eigenvalue weighted by Gasteiger charge is 2.27. The van der Waals surface area contributed by atoms with Crippen LogP contribution in [0.3, 0.4) is 0 Å². The van der Waals surface area contributed by atoms with E-state index >= 15 is 0 Å². The van der Waals surface area contributed by atoms with Crippen molar-refractivity contribution >= 4 is 0 Å². The highest BCUT2D eigenvalue weighted by Crippen LogP contribution is 2.33. The van der Waals surface area contributed by atoms with E-state index in [1.54, 1.807) is 0 Å². The Morgan fingerprint density at radius 3 is 2.50 bits per heavy atom. The summed E-state index contributed by atoms with van der Waals surface area (Å²) in [5, 5.41) is 10.5. The molecular formula is C19H22FNO. The predicted molar refractivity (Wildman–Crippen MR) is 86.1 cm³/mol. The Morgan fingerprint density at radius 1 is 1.14 bits per heavy atom. The summed E-state index contributed by atoms with van der Waals surface area (Å²) in [6.45, 7) is 3.64. The molecule has 2 aromatic carbocycles. The number of nitrogens with zero attached hydrogens (tertiary/aromatic N) is 1. The van der Waals surface area contributed by atoms with Crippen LogP contribution in [0, 0.1) is 12.7 Å². The van der Waals surface area contributed by atoms with E-state index in [2.05, 4.69) is 4.90 Å². The first kappa shape index (κ1) is 15.2. The van der Waals surface area contributed by atoms with Gasteiger partial charge in [-0.2, -0.15) is 0 Å². The summed E-state index contributed by atoms with van der Waals surface area (Å²) >= 11 is 0. The Bertz CT molecular complexity index is 608. The quantitative estimate of drug-likeness (QED) is 0.922. The summed E-state index contributed by atoms with van der Waals surface area (Å²) in [6, 6.07) is 15.1. The summed E-state index contributed by atoms with van der Waals surface area (Å²) in [4.78, 5) is 2.30. The molecule has 2 unspecified atom stereocenters. The molecule has 0 saturated carbocycles. The third kappa shape index (κ3) is 3.37. The molecule has 0 aromatic heterocycles. The molecule has 3 rings (SSSR count).